The van der Waals surface area contributed by atoms with Gasteiger partial charge in [-0.25, -0.2) is 0 Å². The number of hydrogen-bond acceptors (Lipinski definition) is 4. The molecule has 1 fully saturated rings. The van der Waals surface area contributed by atoms with Gasteiger partial charge < -0.3 is 15.4 Å². The second kappa shape index (κ2) is 5.74. The van der Waals surface area contributed by atoms with Gasteiger partial charge in [0.05, 0.1) is 5.56 Å². The van der Waals surface area contributed by atoms with E-state index < -0.39 is 0 Å². The molecular formula is C14H19N3O. The minimum absolute atomic E-state index is 0.474. The number of hydrogen-bond donors (Lipinski definition) is 1. The van der Waals surface area contributed by atoms with E-state index in [1.165, 1.54) is 19.3 Å². The van der Waals surface area contributed by atoms with Crippen LogP contribution in [0.4, 0.5) is 5.69 Å². The van der Waals surface area contributed by atoms with Crippen molar-refractivity contribution in [2.75, 3.05) is 25.9 Å². The lowest BCUT2D eigenvalue weighted by Gasteiger charge is -2.32. The van der Waals surface area contributed by atoms with E-state index in [0.29, 0.717) is 23.9 Å². The van der Waals surface area contributed by atoms with Crippen molar-refractivity contribution in [1.82, 2.24) is 4.90 Å². The lowest BCUT2D eigenvalue weighted by molar-refractivity contribution is 0.125. The summed E-state index contributed by atoms with van der Waals surface area (Å²) in [6.45, 7) is 1.81. The van der Waals surface area contributed by atoms with Crippen molar-refractivity contribution in [3.8, 4) is 11.8 Å². The molecule has 0 amide bonds. The van der Waals surface area contributed by atoms with Crippen LogP contribution in [0.5, 0.6) is 5.75 Å². The predicted octanol–water partition coefficient (Wildman–Crippen LogP) is 2.00. The molecule has 2 N–H and O–H groups in total. The summed E-state index contributed by atoms with van der Waals surface area (Å²) in [5.41, 5.74) is 6.65. The van der Waals surface area contributed by atoms with Crippen LogP contribution in [-0.4, -0.2) is 31.1 Å². The van der Waals surface area contributed by atoms with Gasteiger partial charge in [0, 0.05) is 11.7 Å². The van der Waals surface area contributed by atoms with Crippen molar-refractivity contribution in [2.24, 2.45) is 0 Å². The Morgan fingerprint density at radius 1 is 1.50 bits per heavy atom. The first-order chi connectivity index (χ1) is 8.70. The number of rotatable bonds is 3. The highest BCUT2D eigenvalue weighted by Crippen LogP contribution is 2.21. The molecule has 0 aromatic heterocycles. The van der Waals surface area contributed by atoms with Gasteiger partial charge in [0.15, 0.2) is 0 Å². The lowest BCUT2D eigenvalue weighted by Crippen LogP contribution is -2.40. The third-order valence-corrected chi connectivity index (χ3v) is 3.51. The summed E-state index contributed by atoms with van der Waals surface area (Å²) in [6, 6.07) is 7.79. The van der Waals surface area contributed by atoms with Gasteiger partial charge in [-0.05, 0) is 44.6 Å². The molecule has 18 heavy (non-hydrogen) atoms. The molecule has 1 aromatic rings. The molecule has 1 unspecified atom stereocenters. The molecule has 1 aliphatic heterocycles. The van der Waals surface area contributed by atoms with Crippen molar-refractivity contribution in [3.63, 3.8) is 0 Å². The first kappa shape index (κ1) is 12.7. The van der Waals surface area contributed by atoms with Crippen LogP contribution in [0.3, 0.4) is 0 Å². The highest BCUT2D eigenvalue weighted by Gasteiger charge is 2.19. The van der Waals surface area contributed by atoms with E-state index in [0.717, 1.165) is 12.3 Å². The van der Waals surface area contributed by atoms with Gasteiger partial charge in [0.1, 0.15) is 18.4 Å². The van der Waals surface area contributed by atoms with Crippen molar-refractivity contribution in [1.29, 1.82) is 5.26 Å². The standard InChI is InChI=1S/C14H19N3O/c1-17-7-3-2-4-12(17)10-18-13-5-6-14(16)11(8-13)9-15/h5-6,8,12H,2-4,7,10,16H2,1H3. The Morgan fingerprint density at radius 2 is 2.33 bits per heavy atom. The topological polar surface area (TPSA) is 62.3 Å². The number of ether oxygens (including phenoxy) is 1. The normalized spacial score (nSPS) is 20.3. The average molecular weight is 245 g/mol. The summed E-state index contributed by atoms with van der Waals surface area (Å²) in [7, 11) is 2.14. The van der Waals surface area contributed by atoms with Gasteiger partial charge in [0.25, 0.3) is 0 Å². The molecule has 0 saturated carbocycles. The number of likely N-dealkylation sites (N-methyl/N-ethyl adjacent to an activating group) is 1. The van der Waals surface area contributed by atoms with Crippen LogP contribution in [0.2, 0.25) is 0 Å². The highest BCUT2D eigenvalue weighted by molar-refractivity contribution is 5.56. The van der Waals surface area contributed by atoms with Crippen molar-refractivity contribution >= 4 is 5.69 Å². The van der Waals surface area contributed by atoms with Crippen LogP contribution >= 0.6 is 0 Å². The number of nitrogens with two attached hydrogens (primary N) is 1. The highest BCUT2D eigenvalue weighted by atomic mass is 16.5. The number of benzene rings is 1. The van der Waals surface area contributed by atoms with Crippen LogP contribution in [0.1, 0.15) is 24.8 Å². The minimum atomic E-state index is 0.474. The molecule has 4 heteroatoms. The van der Waals surface area contributed by atoms with Crippen LogP contribution in [0, 0.1) is 11.3 Å². The Bertz CT molecular complexity index is 453. The van der Waals surface area contributed by atoms with Gasteiger partial charge in [-0.2, -0.15) is 5.26 Å². The lowest BCUT2D eigenvalue weighted by atomic mass is 10.0. The second-order valence-corrected chi connectivity index (χ2v) is 4.80. The Kier molecular flexibility index (Phi) is 4.06. The summed E-state index contributed by atoms with van der Waals surface area (Å²) in [5.74, 6) is 0.722. The number of likely N-dealkylation sites (tertiary alicyclic amines) is 1. The third kappa shape index (κ3) is 2.93. The minimum Gasteiger partial charge on any atom is -0.492 e. The van der Waals surface area contributed by atoms with E-state index >= 15 is 0 Å². The van der Waals surface area contributed by atoms with Crippen molar-refractivity contribution < 1.29 is 4.74 Å². The monoisotopic (exact) mass is 245 g/mol. The Hall–Kier alpha value is -1.73. The molecule has 1 aromatic carbocycles. The van der Waals surface area contributed by atoms with Crippen molar-refractivity contribution in [2.45, 2.75) is 25.3 Å². The summed E-state index contributed by atoms with van der Waals surface area (Å²) < 4.78 is 5.77. The zero-order chi connectivity index (χ0) is 13.0. The number of nitrogens with zero attached hydrogens (tertiary/aromatic N) is 2. The Balaban J connectivity index is 1.95. The zero-order valence-electron chi connectivity index (χ0n) is 10.7. The molecule has 0 aliphatic carbocycles. The largest absolute Gasteiger partial charge is 0.492 e. The molecule has 1 aliphatic rings. The van der Waals surface area contributed by atoms with E-state index in [9.17, 15) is 0 Å². The van der Waals surface area contributed by atoms with Crippen LogP contribution < -0.4 is 10.5 Å². The first-order valence-electron chi connectivity index (χ1n) is 6.33. The molecule has 0 radical (unpaired) electrons. The molecule has 0 spiro atoms. The maximum absolute atomic E-state index is 8.91. The Labute approximate surface area is 108 Å². The zero-order valence-corrected chi connectivity index (χ0v) is 10.7. The molecule has 2 rings (SSSR count). The van der Waals surface area contributed by atoms with E-state index in [1.807, 2.05) is 6.07 Å². The predicted molar refractivity (Wildman–Crippen MR) is 71.3 cm³/mol. The van der Waals surface area contributed by atoms with Gasteiger partial charge in [-0.15, -0.1) is 0 Å². The number of piperidine rings is 1. The fraction of sp³-hybridized carbons (Fsp3) is 0.500. The van der Waals surface area contributed by atoms with E-state index in [-0.39, 0.29) is 0 Å². The fourth-order valence-electron chi connectivity index (χ4n) is 2.27. The van der Waals surface area contributed by atoms with E-state index in [1.54, 1.807) is 12.1 Å². The van der Waals surface area contributed by atoms with Gasteiger partial charge in [-0.1, -0.05) is 6.42 Å². The van der Waals surface area contributed by atoms with Crippen molar-refractivity contribution in [3.05, 3.63) is 23.8 Å². The fourth-order valence-corrected chi connectivity index (χ4v) is 2.27. The van der Waals surface area contributed by atoms with Crippen LogP contribution in [0.25, 0.3) is 0 Å². The van der Waals surface area contributed by atoms with Gasteiger partial charge >= 0.3 is 0 Å². The van der Waals surface area contributed by atoms with E-state index in [2.05, 4.69) is 18.0 Å². The maximum Gasteiger partial charge on any atom is 0.120 e. The Morgan fingerprint density at radius 3 is 3.06 bits per heavy atom. The second-order valence-electron chi connectivity index (χ2n) is 4.80. The average Bonchev–Trinajstić information content (AvgIpc) is 2.39. The molecule has 4 nitrogen and oxygen atoms in total. The summed E-state index contributed by atoms with van der Waals surface area (Å²) in [4.78, 5) is 2.34. The SMILES string of the molecule is CN1CCCCC1COc1ccc(N)c(C#N)c1. The molecule has 1 atom stereocenters. The maximum atomic E-state index is 8.91. The van der Waals surface area contributed by atoms with E-state index in [4.69, 9.17) is 15.7 Å². The van der Waals surface area contributed by atoms with Crippen LogP contribution in [0.15, 0.2) is 18.2 Å². The molecule has 1 saturated heterocycles. The number of anilines is 1. The summed E-state index contributed by atoms with van der Waals surface area (Å²) in [5, 5.41) is 8.91. The summed E-state index contributed by atoms with van der Waals surface area (Å²) in [6.07, 6.45) is 3.72. The quantitative estimate of drug-likeness (QED) is 0.827. The third-order valence-electron chi connectivity index (χ3n) is 3.51. The number of nitrogen functional groups attached to an aromatic ring is 1. The number of nitriles is 1. The molecule has 96 valence electrons. The summed E-state index contributed by atoms with van der Waals surface area (Å²) >= 11 is 0. The molecule has 0 bridgehead atoms. The first-order valence-corrected chi connectivity index (χ1v) is 6.33. The molecular weight excluding hydrogens is 226 g/mol. The van der Waals surface area contributed by atoms with Crippen LogP contribution in [-0.2, 0) is 0 Å². The molecule has 1 heterocycles. The van der Waals surface area contributed by atoms with Gasteiger partial charge in [0.2, 0.25) is 0 Å². The smallest absolute Gasteiger partial charge is 0.120 e. The van der Waals surface area contributed by atoms with Gasteiger partial charge in [-0.3, -0.25) is 0 Å².